The summed E-state index contributed by atoms with van der Waals surface area (Å²) >= 11 is 0. The fourth-order valence-electron chi connectivity index (χ4n) is 3.30. The lowest BCUT2D eigenvalue weighted by molar-refractivity contribution is 0.0139. The summed E-state index contributed by atoms with van der Waals surface area (Å²) < 4.78 is 0. The molecule has 0 bridgehead atoms. The molecule has 2 fully saturated rings. The van der Waals surface area contributed by atoms with E-state index in [2.05, 4.69) is 24.1 Å². The van der Waals surface area contributed by atoms with Gasteiger partial charge in [0, 0.05) is 12.1 Å². The summed E-state index contributed by atoms with van der Waals surface area (Å²) in [6.07, 6.45) is 8.45. The number of piperidine rings is 1. The minimum atomic E-state index is 0.840. The average molecular weight is 224 g/mol. The molecule has 94 valence electrons. The van der Waals surface area contributed by atoms with Gasteiger partial charge >= 0.3 is 0 Å². The molecule has 1 aliphatic carbocycles. The van der Waals surface area contributed by atoms with Gasteiger partial charge in [0.05, 0.1) is 0 Å². The van der Waals surface area contributed by atoms with Crippen molar-refractivity contribution in [1.82, 2.24) is 10.2 Å². The van der Waals surface area contributed by atoms with E-state index in [1.54, 1.807) is 0 Å². The van der Waals surface area contributed by atoms with Crippen molar-refractivity contribution in [3.8, 4) is 0 Å². The molecule has 2 nitrogen and oxygen atoms in total. The molecule has 16 heavy (non-hydrogen) atoms. The van der Waals surface area contributed by atoms with Gasteiger partial charge in [-0.3, -0.25) is 4.90 Å². The number of nitrogens with one attached hydrogen (secondary N) is 1. The number of nitrogens with zero attached hydrogens (tertiary/aromatic N) is 1. The fraction of sp³-hybridized carbons (Fsp3) is 1.00. The minimum Gasteiger partial charge on any atom is -0.316 e. The van der Waals surface area contributed by atoms with Crippen LogP contribution >= 0.6 is 0 Å². The Bertz CT molecular complexity index is 205. The number of hydrogen-bond acceptors (Lipinski definition) is 2. The van der Waals surface area contributed by atoms with Crippen LogP contribution in [0.5, 0.6) is 0 Å². The zero-order chi connectivity index (χ0) is 11.4. The maximum absolute atomic E-state index is 3.59. The van der Waals surface area contributed by atoms with Crippen LogP contribution in [0, 0.1) is 5.92 Å². The molecule has 1 saturated carbocycles. The van der Waals surface area contributed by atoms with E-state index >= 15 is 0 Å². The van der Waals surface area contributed by atoms with Gasteiger partial charge in [0.1, 0.15) is 0 Å². The van der Waals surface area contributed by atoms with Gasteiger partial charge in [0.25, 0.3) is 0 Å². The zero-order valence-electron chi connectivity index (χ0n) is 11.0. The van der Waals surface area contributed by atoms with E-state index in [1.165, 1.54) is 58.2 Å². The van der Waals surface area contributed by atoms with Crippen molar-refractivity contribution < 1.29 is 0 Å². The Morgan fingerprint density at radius 2 is 2.06 bits per heavy atom. The third-order valence-electron chi connectivity index (χ3n) is 4.49. The molecule has 3 atom stereocenters. The number of hydrogen-bond donors (Lipinski definition) is 1. The molecule has 2 heteroatoms. The Balaban J connectivity index is 1.75. The first-order valence-corrected chi connectivity index (χ1v) is 7.29. The normalized spacial score (nSPS) is 36.0. The molecule has 1 heterocycles. The third-order valence-corrected chi connectivity index (χ3v) is 4.49. The van der Waals surface area contributed by atoms with Crippen LogP contribution in [-0.4, -0.2) is 36.6 Å². The molecule has 0 spiro atoms. The van der Waals surface area contributed by atoms with Crippen molar-refractivity contribution in [1.29, 1.82) is 0 Å². The summed E-state index contributed by atoms with van der Waals surface area (Å²) in [6.45, 7) is 8.47. The maximum atomic E-state index is 3.59. The summed E-state index contributed by atoms with van der Waals surface area (Å²) in [5.74, 6) is 0.937. The molecule has 0 radical (unpaired) electrons. The van der Waals surface area contributed by atoms with E-state index in [1.807, 2.05) is 0 Å². The van der Waals surface area contributed by atoms with E-state index in [-0.39, 0.29) is 0 Å². The predicted molar refractivity (Wildman–Crippen MR) is 69.7 cm³/mol. The van der Waals surface area contributed by atoms with Gasteiger partial charge in [-0.15, -0.1) is 0 Å². The lowest BCUT2D eigenvalue weighted by Crippen LogP contribution is -2.55. The lowest BCUT2D eigenvalue weighted by atomic mass is 9.77. The highest BCUT2D eigenvalue weighted by atomic mass is 15.2. The Kier molecular flexibility index (Phi) is 4.66. The highest BCUT2D eigenvalue weighted by molar-refractivity contribution is 4.93. The summed E-state index contributed by atoms with van der Waals surface area (Å²) in [5, 5.41) is 3.59. The van der Waals surface area contributed by atoms with Crippen LogP contribution in [0.25, 0.3) is 0 Å². The maximum Gasteiger partial charge on any atom is 0.0139 e. The van der Waals surface area contributed by atoms with E-state index in [0.717, 1.165) is 18.0 Å². The van der Waals surface area contributed by atoms with Gasteiger partial charge in [0.15, 0.2) is 0 Å². The molecule has 0 aromatic heterocycles. The first-order valence-electron chi connectivity index (χ1n) is 7.29. The first-order chi connectivity index (χ1) is 7.83. The second-order valence-electron chi connectivity index (χ2n) is 5.69. The molecule has 0 aromatic carbocycles. The Hall–Kier alpha value is -0.0800. The molecule has 0 aromatic rings. The van der Waals surface area contributed by atoms with Crippen molar-refractivity contribution >= 4 is 0 Å². The van der Waals surface area contributed by atoms with Crippen LogP contribution in [0.2, 0.25) is 0 Å². The monoisotopic (exact) mass is 224 g/mol. The van der Waals surface area contributed by atoms with Crippen molar-refractivity contribution in [3.63, 3.8) is 0 Å². The molecule has 0 amide bonds. The SMILES string of the molecule is CCCNCC1CCC1N1CCCCC1C. The molecule has 1 saturated heterocycles. The van der Waals surface area contributed by atoms with Gasteiger partial charge in [-0.25, -0.2) is 0 Å². The van der Waals surface area contributed by atoms with E-state index < -0.39 is 0 Å². The van der Waals surface area contributed by atoms with Gasteiger partial charge in [0.2, 0.25) is 0 Å². The van der Waals surface area contributed by atoms with Crippen LogP contribution in [-0.2, 0) is 0 Å². The zero-order valence-corrected chi connectivity index (χ0v) is 11.0. The average Bonchev–Trinajstić information content (AvgIpc) is 2.26. The van der Waals surface area contributed by atoms with E-state index in [9.17, 15) is 0 Å². The molecular weight excluding hydrogens is 196 g/mol. The highest BCUT2D eigenvalue weighted by Crippen LogP contribution is 2.35. The molecule has 3 unspecified atom stereocenters. The van der Waals surface area contributed by atoms with Crippen LogP contribution in [0.4, 0.5) is 0 Å². The number of likely N-dealkylation sites (tertiary alicyclic amines) is 1. The summed E-state index contributed by atoms with van der Waals surface area (Å²) in [4.78, 5) is 2.80. The van der Waals surface area contributed by atoms with Crippen LogP contribution in [0.15, 0.2) is 0 Å². The van der Waals surface area contributed by atoms with Crippen molar-refractivity contribution in [3.05, 3.63) is 0 Å². The first kappa shape index (κ1) is 12.4. The third kappa shape index (κ3) is 2.78. The predicted octanol–water partition coefficient (Wildman–Crippen LogP) is 2.64. The summed E-state index contributed by atoms with van der Waals surface area (Å²) in [6, 6.07) is 1.74. The standard InChI is InChI=1S/C14H28N2/c1-3-9-15-11-13-7-8-14(13)16-10-5-4-6-12(16)2/h12-15H,3-11H2,1-2H3. The second-order valence-corrected chi connectivity index (χ2v) is 5.69. The van der Waals surface area contributed by atoms with Crippen molar-refractivity contribution in [2.45, 2.75) is 64.5 Å². The van der Waals surface area contributed by atoms with E-state index in [0.29, 0.717) is 0 Å². The number of rotatable bonds is 5. The van der Waals surface area contributed by atoms with Crippen molar-refractivity contribution in [2.75, 3.05) is 19.6 Å². The van der Waals surface area contributed by atoms with Gasteiger partial charge in [-0.05, 0) is 64.6 Å². The smallest absolute Gasteiger partial charge is 0.0139 e. The molecule has 2 aliphatic rings. The van der Waals surface area contributed by atoms with Crippen LogP contribution in [0.1, 0.15) is 52.4 Å². The molecular formula is C14H28N2. The fourth-order valence-corrected chi connectivity index (χ4v) is 3.30. The van der Waals surface area contributed by atoms with Crippen molar-refractivity contribution in [2.24, 2.45) is 5.92 Å². The molecule has 1 N–H and O–H groups in total. The topological polar surface area (TPSA) is 15.3 Å². The van der Waals surface area contributed by atoms with E-state index in [4.69, 9.17) is 0 Å². The molecule has 1 aliphatic heterocycles. The Morgan fingerprint density at radius 1 is 1.19 bits per heavy atom. The minimum absolute atomic E-state index is 0.840. The quantitative estimate of drug-likeness (QED) is 0.722. The Labute approximate surface area is 101 Å². The van der Waals surface area contributed by atoms with Gasteiger partial charge in [-0.2, -0.15) is 0 Å². The second kappa shape index (κ2) is 6.02. The molecule has 2 rings (SSSR count). The van der Waals surface area contributed by atoms with Crippen LogP contribution < -0.4 is 5.32 Å². The summed E-state index contributed by atoms with van der Waals surface area (Å²) in [5.41, 5.74) is 0. The largest absolute Gasteiger partial charge is 0.316 e. The van der Waals surface area contributed by atoms with Gasteiger partial charge in [-0.1, -0.05) is 13.3 Å². The highest BCUT2D eigenvalue weighted by Gasteiger charge is 2.37. The summed E-state index contributed by atoms with van der Waals surface area (Å²) in [7, 11) is 0. The lowest BCUT2D eigenvalue weighted by Gasteiger charge is -2.49. The van der Waals surface area contributed by atoms with Gasteiger partial charge < -0.3 is 5.32 Å². The van der Waals surface area contributed by atoms with Crippen LogP contribution in [0.3, 0.4) is 0 Å². The Morgan fingerprint density at radius 3 is 2.69 bits per heavy atom.